The van der Waals surface area contributed by atoms with Crippen LogP contribution < -0.4 is 4.90 Å². The molecule has 0 spiro atoms. The van der Waals surface area contributed by atoms with Gasteiger partial charge in [-0.1, -0.05) is 164 Å². The Bertz CT molecular complexity index is 3240. The molecule has 0 saturated carbocycles. The second kappa shape index (κ2) is 13.6. The first-order valence-electron chi connectivity index (χ1n) is 19.3. The van der Waals surface area contributed by atoms with Crippen molar-refractivity contribution in [3.05, 3.63) is 206 Å². The molecule has 0 bridgehead atoms. The summed E-state index contributed by atoms with van der Waals surface area (Å²) in [4.78, 5) is 18.6. The minimum absolute atomic E-state index is 0.889. The Labute approximate surface area is 330 Å². The van der Waals surface area contributed by atoms with E-state index in [2.05, 4.69) is 205 Å². The van der Waals surface area contributed by atoms with Gasteiger partial charge in [-0.05, 0) is 53.2 Å². The molecule has 3 aromatic heterocycles. The summed E-state index contributed by atoms with van der Waals surface area (Å²) in [5.41, 5.74) is 11.8. The molecule has 57 heavy (non-hydrogen) atoms. The highest BCUT2D eigenvalue weighted by Gasteiger charge is 2.22. The van der Waals surface area contributed by atoms with Gasteiger partial charge in [0.1, 0.15) is 0 Å². The molecule has 0 aliphatic heterocycles. The van der Waals surface area contributed by atoms with E-state index in [0.29, 0.717) is 0 Å². The third kappa shape index (κ3) is 5.58. The number of benzene rings is 8. The van der Waals surface area contributed by atoms with E-state index >= 15 is 0 Å². The Morgan fingerprint density at radius 1 is 0.316 bits per heavy atom. The van der Waals surface area contributed by atoms with Crippen molar-refractivity contribution in [2.45, 2.75) is 0 Å². The van der Waals surface area contributed by atoms with Gasteiger partial charge in [0, 0.05) is 55.0 Å². The third-order valence-corrected chi connectivity index (χ3v) is 11.0. The van der Waals surface area contributed by atoms with Crippen molar-refractivity contribution in [3.63, 3.8) is 0 Å². The van der Waals surface area contributed by atoms with Gasteiger partial charge >= 0.3 is 0 Å². The van der Waals surface area contributed by atoms with Crippen LogP contribution in [0.25, 0.3) is 88.0 Å². The average Bonchev–Trinajstić information content (AvgIpc) is 3.29. The molecule has 8 aromatic carbocycles. The van der Waals surface area contributed by atoms with Gasteiger partial charge in [-0.2, -0.15) is 0 Å². The lowest BCUT2D eigenvalue weighted by Crippen LogP contribution is -2.11. The monoisotopic (exact) mass is 726 g/mol. The zero-order valence-electron chi connectivity index (χ0n) is 30.9. The number of nitrogens with zero attached hydrogens (tertiary/aromatic N) is 4. The third-order valence-electron chi connectivity index (χ3n) is 11.0. The van der Waals surface area contributed by atoms with Crippen molar-refractivity contribution in [2.75, 3.05) is 4.90 Å². The van der Waals surface area contributed by atoms with E-state index in [9.17, 15) is 0 Å². The Morgan fingerprint density at radius 2 is 0.860 bits per heavy atom. The van der Waals surface area contributed by atoms with Crippen molar-refractivity contribution in [3.8, 4) is 33.8 Å². The molecule has 4 heteroatoms. The number of rotatable bonds is 6. The molecule has 0 N–H and O–H groups in total. The fourth-order valence-corrected chi connectivity index (χ4v) is 8.36. The van der Waals surface area contributed by atoms with E-state index in [1.165, 1.54) is 0 Å². The molecule has 11 rings (SSSR count). The first-order valence-corrected chi connectivity index (χ1v) is 19.3. The van der Waals surface area contributed by atoms with Crippen LogP contribution in [0.1, 0.15) is 0 Å². The number of hydrogen-bond donors (Lipinski definition) is 0. The Hall–Kier alpha value is -7.69. The lowest BCUT2D eigenvalue weighted by molar-refractivity contribution is 1.28. The molecule has 0 aliphatic rings. The molecule has 0 saturated heterocycles. The number of hydrogen-bond acceptors (Lipinski definition) is 4. The predicted molar refractivity (Wildman–Crippen MR) is 238 cm³/mol. The summed E-state index contributed by atoms with van der Waals surface area (Å²) in [6.45, 7) is 0. The van der Waals surface area contributed by atoms with E-state index in [1.807, 2.05) is 6.07 Å². The maximum Gasteiger partial charge on any atom is 0.0972 e. The Morgan fingerprint density at radius 3 is 1.53 bits per heavy atom. The van der Waals surface area contributed by atoms with E-state index in [4.69, 9.17) is 15.0 Å². The maximum atomic E-state index is 5.60. The second-order valence-electron chi connectivity index (χ2n) is 14.4. The van der Waals surface area contributed by atoms with Gasteiger partial charge in [0.15, 0.2) is 0 Å². The number of aromatic nitrogens is 3. The van der Waals surface area contributed by atoms with Crippen molar-refractivity contribution in [1.82, 2.24) is 15.0 Å². The lowest BCUT2D eigenvalue weighted by atomic mass is 9.91. The summed E-state index contributed by atoms with van der Waals surface area (Å²) >= 11 is 0. The van der Waals surface area contributed by atoms with Crippen LogP contribution in [0.4, 0.5) is 17.1 Å². The zero-order chi connectivity index (χ0) is 37.7. The van der Waals surface area contributed by atoms with E-state index in [0.717, 1.165) is 105 Å². The van der Waals surface area contributed by atoms with Crippen LogP contribution in [-0.2, 0) is 0 Å². The van der Waals surface area contributed by atoms with Crippen LogP contribution in [0.15, 0.2) is 206 Å². The first-order chi connectivity index (χ1) is 28.3. The smallest absolute Gasteiger partial charge is 0.0972 e. The highest BCUT2D eigenvalue weighted by molar-refractivity contribution is 6.27. The van der Waals surface area contributed by atoms with Crippen LogP contribution in [0.2, 0.25) is 0 Å². The van der Waals surface area contributed by atoms with Crippen molar-refractivity contribution in [2.24, 2.45) is 0 Å². The number of anilines is 3. The van der Waals surface area contributed by atoms with Gasteiger partial charge in [0.2, 0.25) is 0 Å². The summed E-state index contributed by atoms with van der Waals surface area (Å²) in [7, 11) is 0. The largest absolute Gasteiger partial charge is 0.308 e. The molecule has 0 radical (unpaired) electrons. The molecule has 0 unspecified atom stereocenters. The molecule has 0 aliphatic carbocycles. The minimum atomic E-state index is 0.889. The number of para-hydroxylation sites is 3. The number of fused-ring (bicyclic) bond motifs is 8. The summed E-state index contributed by atoms with van der Waals surface area (Å²) < 4.78 is 0. The molecule has 3 heterocycles. The molecular weight excluding hydrogens is 693 g/mol. The van der Waals surface area contributed by atoms with Gasteiger partial charge in [-0.3, -0.25) is 0 Å². The van der Waals surface area contributed by atoms with Crippen molar-refractivity contribution < 1.29 is 0 Å². The first kappa shape index (κ1) is 32.7. The van der Waals surface area contributed by atoms with Crippen molar-refractivity contribution >= 4 is 71.3 Å². The minimum Gasteiger partial charge on any atom is -0.308 e. The molecule has 0 fully saturated rings. The molecular formula is C53H34N4. The van der Waals surface area contributed by atoms with Crippen LogP contribution >= 0.6 is 0 Å². The summed E-state index contributed by atoms with van der Waals surface area (Å²) in [5.74, 6) is 0. The van der Waals surface area contributed by atoms with Crippen LogP contribution in [0, 0.1) is 0 Å². The van der Waals surface area contributed by atoms with Gasteiger partial charge in [-0.15, -0.1) is 0 Å². The standard InChI is InChI=1S/C53H34N4/c1-5-15-35(16-6-1)45-33-30-38-27-28-39-31-34-46(55-52(39)51(38)54-45)42-24-13-19-36-29-32-44-49(48(36)42)43-25-14-26-47(53(43)56-50(44)37-17-7-2-8-18-37)57(40-20-9-3-10-21-40)41-22-11-4-12-23-41/h1-34H. The molecule has 0 amide bonds. The van der Waals surface area contributed by atoms with Crippen LogP contribution in [-0.4, -0.2) is 15.0 Å². The van der Waals surface area contributed by atoms with E-state index in [1.54, 1.807) is 0 Å². The normalized spacial score (nSPS) is 11.5. The summed E-state index contributed by atoms with van der Waals surface area (Å²) in [6.07, 6.45) is 0. The molecule has 4 nitrogen and oxygen atoms in total. The van der Waals surface area contributed by atoms with Crippen LogP contribution in [0.3, 0.4) is 0 Å². The topological polar surface area (TPSA) is 41.9 Å². The fourth-order valence-electron chi connectivity index (χ4n) is 8.36. The van der Waals surface area contributed by atoms with E-state index < -0.39 is 0 Å². The molecule has 0 atom stereocenters. The molecule has 266 valence electrons. The van der Waals surface area contributed by atoms with Gasteiger partial charge in [0.25, 0.3) is 0 Å². The average molecular weight is 727 g/mol. The highest BCUT2D eigenvalue weighted by atomic mass is 15.1. The Kier molecular flexibility index (Phi) is 7.78. The molecule has 11 aromatic rings. The SMILES string of the molecule is c1ccc(-c2ccc3ccc4ccc(-c5cccc6ccc7c(-c8ccccc8)nc8c(N(c9ccccc9)c9ccccc9)cccc8c7c56)nc4c3n2)cc1. The van der Waals surface area contributed by atoms with E-state index in [-0.39, 0.29) is 0 Å². The maximum absolute atomic E-state index is 5.60. The summed E-state index contributed by atoms with van der Waals surface area (Å²) in [6, 6.07) is 72.5. The van der Waals surface area contributed by atoms with Gasteiger partial charge in [-0.25, -0.2) is 15.0 Å². The van der Waals surface area contributed by atoms with Crippen LogP contribution in [0.5, 0.6) is 0 Å². The highest BCUT2D eigenvalue weighted by Crippen LogP contribution is 2.45. The van der Waals surface area contributed by atoms with Crippen molar-refractivity contribution in [1.29, 1.82) is 0 Å². The fraction of sp³-hybridized carbons (Fsp3) is 0. The Balaban J connectivity index is 1.22. The predicted octanol–water partition coefficient (Wildman–Crippen LogP) is 14.1. The second-order valence-corrected chi connectivity index (χ2v) is 14.4. The quantitative estimate of drug-likeness (QED) is 0.160. The summed E-state index contributed by atoms with van der Waals surface area (Å²) in [5, 5.41) is 7.74. The lowest BCUT2D eigenvalue weighted by Gasteiger charge is -2.27. The van der Waals surface area contributed by atoms with Gasteiger partial charge in [0.05, 0.1) is 39.3 Å². The number of pyridine rings is 3. The zero-order valence-corrected chi connectivity index (χ0v) is 30.9. The van der Waals surface area contributed by atoms with Gasteiger partial charge < -0.3 is 4.90 Å².